The fourth-order valence-electron chi connectivity index (χ4n) is 1.44. The van der Waals surface area contributed by atoms with E-state index in [1.54, 1.807) is 0 Å². The number of hydrogen-bond acceptors (Lipinski definition) is 3. The maximum absolute atomic E-state index is 8.82. The second kappa shape index (κ2) is 5.78. The Hall–Kier alpha value is 0.130. The molecule has 0 amide bonds. The molecule has 0 aromatic rings. The van der Waals surface area contributed by atoms with Crippen molar-refractivity contribution in [1.29, 1.82) is 0 Å². The van der Waals surface area contributed by atoms with Crippen molar-refractivity contribution in [3.8, 4) is 0 Å². The highest BCUT2D eigenvalue weighted by molar-refractivity contribution is 4.68. The average Bonchev–Trinajstić information content (AvgIpc) is 2.72. The molecule has 1 aliphatic heterocycles. The molecule has 1 atom stereocenters. The Bertz CT molecular complexity index is 135. The Kier molecular flexibility index (Phi) is 5.83. The predicted octanol–water partition coefficient (Wildman–Crippen LogP) is -4.18. The van der Waals surface area contributed by atoms with Crippen LogP contribution >= 0.6 is 0 Å². The van der Waals surface area contributed by atoms with Crippen molar-refractivity contribution in [3.05, 3.63) is 0 Å². The fourth-order valence-corrected chi connectivity index (χ4v) is 1.44. The smallest absolute Gasteiger partial charge is 0.130 e. The van der Waals surface area contributed by atoms with E-state index in [4.69, 9.17) is 14.9 Å². The molecule has 13 heavy (non-hydrogen) atoms. The van der Waals surface area contributed by atoms with Crippen LogP contribution in [-0.4, -0.2) is 67.3 Å². The summed E-state index contributed by atoms with van der Waals surface area (Å²) in [6.07, 6.45) is 0.355. The van der Waals surface area contributed by atoms with Gasteiger partial charge in [0.2, 0.25) is 0 Å². The molecule has 0 spiro atoms. The van der Waals surface area contributed by atoms with Gasteiger partial charge in [0.05, 0.1) is 26.9 Å². The quantitative estimate of drug-likeness (QED) is 0.346. The number of hydrogen-bond donors (Lipinski definition) is 2. The van der Waals surface area contributed by atoms with Gasteiger partial charge in [-0.25, -0.2) is 0 Å². The Morgan fingerprint density at radius 3 is 2.08 bits per heavy atom. The van der Waals surface area contributed by atoms with Crippen LogP contribution < -0.4 is 12.4 Å². The second-order valence-corrected chi connectivity index (χ2v) is 3.65. The van der Waals surface area contributed by atoms with Crippen molar-refractivity contribution in [2.75, 3.05) is 46.5 Å². The van der Waals surface area contributed by atoms with Gasteiger partial charge in [-0.15, -0.1) is 0 Å². The van der Waals surface area contributed by atoms with Crippen LogP contribution in [0.15, 0.2) is 0 Å². The number of likely N-dealkylation sites (N-methyl/N-ethyl adjacent to an activating group) is 1. The number of ether oxygens (including phenoxy) is 1. The van der Waals surface area contributed by atoms with Gasteiger partial charge in [0.15, 0.2) is 0 Å². The Morgan fingerprint density at radius 2 is 1.77 bits per heavy atom. The molecule has 1 fully saturated rings. The summed E-state index contributed by atoms with van der Waals surface area (Å²) in [7, 11) is 2.04. The van der Waals surface area contributed by atoms with E-state index in [0.717, 1.165) is 13.2 Å². The van der Waals surface area contributed by atoms with Crippen LogP contribution in [0.1, 0.15) is 0 Å². The minimum atomic E-state index is 0. The normalized spacial score (nSPS) is 21.0. The molecular formula is C8H18ClNO3. The minimum absolute atomic E-state index is 0. The zero-order valence-corrected chi connectivity index (χ0v) is 8.70. The lowest BCUT2D eigenvalue weighted by Gasteiger charge is -2.32. The van der Waals surface area contributed by atoms with Crippen LogP contribution in [0.3, 0.4) is 0 Å². The van der Waals surface area contributed by atoms with Gasteiger partial charge in [-0.2, -0.15) is 0 Å². The number of aliphatic hydroxyl groups is 2. The molecule has 1 heterocycles. The van der Waals surface area contributed by atoms with E-state index >= 15 is 0 Å². The van der Waals surface area contributed by atoms with Crippen LogP contribution in [0.4, 0.5) is 0 Å². The third-order valence-corrected chi connectivity index (χ3v) is 2.33. The van der Waals surface area contributed by atoms with E-state index in [2.05, 4.69) is 0 Å². The number of rotatable bonds is 6. The van der Waals surface area contributed by atoms with Crippen molar-refractivity contribution in [1.82, 2.24) is 0 Å². The van der Waals surface area contributed by atoms with Gasteiger partial charge < -0.3 is 31.8 Å². The first-order valence-electron chi connectivity index (χ1n) is 4.37. The Labute approximate surface area is 85.1 Å². The van der Waals surface area contributed by atoms with Gasteiger partial charge in [-0.05, 0) is 0 Å². The topological polar surface area (TPSA) is 53.0 Å². The Morgan fingerprint density at radius 1 is 1.31 bits per heavy atom. The molecule has 2 N–H and O–H groups in total. The number of aliphatic hydroxyl groups excluding tert-OH is 2. The maximum atomic E-state index is 8.82. The zero-order chi connectivity index (χ0) is 9.03. The number of halogens is 1. The van der Waals surface area contributed by atoms with Gasteiger partial charge in [-0.3, -0.25) is 0 Å². The van der Waals surface area contributed by atoms with E-state index in [-0.39, 0.29) is 25.6 Å². The molecular weight excluding hydrogens is 194 g/mol. The third-order valence-electron chi connectivity index (χ3n) is 2.33. The fraction of sp³-hybridized carbons (Fsp3) is 1.00. The molecule has 0 aliphatic carbocycles. The lowest BCUT2D eigenvalue weighted by atomic mass is 10.3. The van der Waals surface area contributed by atoms with Crippen LogP contribution in [0, 0.1) is 0 Å². The monoisotopic (exact) mass is 211 g/mol. The molecule has 0 bridgehead atoms. The van der Waals surface area contributed by atoms with Crippen molar-refractivity contribution >= 4 is 0 Å². The van der Waals surface area contributed by atoms with E-state index in [9.17, 15) is 0 Å². The average molecular weight is 212 g/mol. The second-order valence-electron chi connectivity index (χ2n) is 3.65. The molecule has 0 radical (unpaired) electrons. The summed E-state index contributed by atoms with van der Waals surface area (Å²) in [6, 6.07) is 0. The lowest BCUT2D eigenvalue weighted by molar-refractivity contribution is -0.910. The summed E-state index contributed by atoms with van der Waals surface area (Å²) in [4.78, 5) is 0. The first kappa shape index (κ1) is 13.1. The summed E-state index contributed by atoms with van der Waals surface area (Å²) in [6.45, 7) is 3.47. The van der Waals surface area contributed by atoms with E-state index < -0.39 is 0 Å². The predicted molar refractivity (Wildman–Crippen MR) is 44.7 cm³/mol. The molecule has 80 valence electrons. The highest BCUT2D eigenvalue weighted by Gasteiger charge is 2.33. The van der Waals surface area contributed by atoms with Crippen LogP contribution in [0.2, 0.25) is 0 Å². The number of epoxide rings is 1. The van der Waals surface area contributed by atoms with E-state index in [1.807, 2.05) is 7.05 Å². The summed E-state index contributed by atoms with van der Waals surface area (Å²) in [5.41, 5.74) is 0. The number of nitrogens with zero attached hydrogens (tertiary/aromatic N) is 1. The van der Waals surface area contributed by atoms with Gasteiger partial charge in [0.25, 0.3) is 0 Å². The summed E-state index contributed by atoms with van der Waals surface area (Å²) < 4.78 is 5.82. The molecule has 0 aromatic carbocycles. The first-order chi connectivity index (χ1) is 5.70. The first-order valence-corrected chi connectivity index (χ1v) is 4.37. The van der Waals surface area contributed by atoms with Crippen molar-refractivity contribution in [2.45, 2.75) is 6.10 Å². The van der Waals surface area contributed by atoms with Crippen LogP contribution in [0.5, 0.6) is 0 Å². The van der Waals surface area contributed by atoms with Crippen LogP contribution in [0.25, 0.3) is 0 Å². The van der Waals surface area contributed by atoms with Crippen molar-refractivity contribution < 1.29 is 31.8 Å². The molecule has 1 saturated heterocycles. The zero-order valence-electron chi connectivity index (χ0n) is 7.95. The van der Waals surface area contributed by atoms with Gasteiger partial charge >= 0.3 is 0 Å². The lowest BCUT2D eigenvalue weighted by Crippen LogP contribution is -3.00. The SMILES string of the molecule is C[N+](CCO)(CCO)CC1CO1.[Cl-]. The van der Waals surface area contributed by atoms with Crippen molar-refractivity contribution in [2.24, 2.45) is 0 Å². The highest BCUT2D eigenvalue weighted by Crippen LogP contribution is 2.14. The van der Waals surface area contributed by atoms with Gasteiger partial charge in [-0.1, -0.05) is 0 Å². The molecule has 0 aromatic heterocycles. The molecule has 1 rings (SSSR count). The number of quaternary nitrogens is 1. The molecule has 4 nitrogen and oxygen atoms in total. The largest absolute Gasteiger partial charge is 1.00 e. The molecule has 1 unspecified atom stereocenters. The minimum Gasteiger partial charge on any atom is -1.00 e. The highest BCUT2D eigenvalue weighted by atomic mass is 35.5. The maximum Gasteiger partial charge on any atom is 0.130 e. The molecule has 1 aliphatic rings. The van der Waals surface area contributed by atoms with Gasteiger partial charge in [0.1, 0.15) is 25.7 Å². The summed E-state index contributed by atoms with van der Waals surface area (Å²) in [5, 5.41) is 17.6. The summed E-state index contributed by atoms with van der Waals surface area (Å²) in [5.74, 6) is 0. The Balaban J connectivity index is 0.00000144. The third kappa shape index (κ3) is 4.78. The van der Waals surface area contributed by atoms with E-state index in [1.165, 1.54) is 0 Å². The van der Waals surface area contributed by atoms with Gasteiger partial charge in [0, 0.05) is 0 Å². The van der Waals surface area contributed by atoms with Crippen molar-refractivity contribution in [3.63, 3.8) is 0 Å². The molecule has 5 heteroatoms. The standard InChI is InChI=1S/C8H18NO3.ClH/c1-9(2-4-10,3-5-11)6-8-7-12-8;/h8,10-11H,2-7H2,1H3;1H/q+1;/p-1. The molecule has 0 saturated carbocycles. The summed E-state index contributed by atoms with van der Waals surface area (Å²) >= 11 is 0. The van der Waals surface area contributed by atoms with Crippen LogP contribution in [-0.2, 0) is 4.74 Å². The van der Waals surface area contributed by atoms with E-state index in [0.29, 0.717) is 23.7 Å².